The minimum absolute atomic E-state index is 0.116. The van der Waals surface area contributed by atoms with Gasteiger partial charge in [0.1, 0.15) is 37.1 Å². The third kappa shape index (κ3) is 16.3. The number of ether oxygens (including phenoxy) is 11. The molecule has 0 amide bonds. The number of hydrogen-bond donors (Lipinski definition) is 0. The van der Waals surface area contributed by atoms with E-state index in [0.717, 1.165) is 16.7 Å². The summed E-state index contributed by atoms with van der Waals surface area (Å²) >= 11 is 0. The molecule has 10 atom stereocenters. The minimum atomic E-state index is -1.68. The summed E-state index contributed by atoms with van der Waals surface area (Å²) in [4.78, 5) is 56.7. The van der Waals surface area contributed by atoms with E-state index >= 15 is 0 Å². The lowest BCUT2D eigenvalue weighted by molar-refractivity contribution is -0.343. The average molecular weight is 1100 g/mol. The number of hydrogen-bond acceptors (Lipinski definition) is 15. The first-order valence-electron chi connectivity index (χ1n) is 26.9. The van der Waals surface area contributed by atoms with E-state index < -0.39 is 91.9 Å². The highest BCUT2D eigenvalue weighted by atomic mass is 16.8. The van der Waals surface area contributed by atoms with Gasteiger partial charge in [-0.15, -0.1) is 6.58 Å². The normalized spacial score (nSPS) is 22.4. The Morgan fingerprint density at radius 2 is 0.728 bits per heavy atom. The fourth-order valence-corrected chi connectivity index (χ4v) is 9.29. The molecule has 418 valence electrons. The van der Waals surface area contributed by atoms with E-state index in [9.17, 15) is 19.2 Å². The van der Waals surface area contributed by atoms with Crippen LogP contribution in [0.3, 0.4) is 0 Å². The van der Waals surface area contributed by atoms with Crippen molar-refractivity contribution in [2.45, 2.75) is 94.1 Å². The Bertz CT molecular complexity index is 3030. The van der Waals surface area contributed by atoms with Crippen LogP contribution in [-0.4, -0.2) is 105 Å². The van der Waals surface area contributed by atoms with Gasteiger partial charge >= 0.3 is 23.9 Å². The summed E-state index contributed by atoms with van der Waals surface area (Å²) in [5.74, 6) is -3.27. The van der Waals surface area contributed by atoms with Gasteiger partial charge in [-0.25, -0.2) is 19.2 Å². The van der Waals surface area contributed by atoms with Crippen molar-refractivity contribution in [2.75, 3.05) is 19.8 Å². The summed E-state index contributed by atoms with van der Waals surface area (Å²) in [7, 11) is 0. The summed E-state index contributed by atoms with van der Waals surface area (Å²) in [6.45, 7) is 3.68. The van der Waals surface area contributed by atoms with Crippen LogP contribution in [-0.2, 0) is 71.9 Å². The standard InChI is InChI=1S/C66H64O15/c1-2-3-25-40-71-65-59(74-43-48-30-15-6-16-31-48)57(73-42-47-28-13-5-14-29-47)55(72-41-46-26-11-4-12-27-46)53(77-65)45-76-66-60(81-64(70)52-38-23-10-24-39-52)58(80-63(69)51-36-21-9-22-37-51)56(79-62(68)50-34-19-8-20-35-50)54(78-66)44-75-61(67)49-32-17-7-18-33-49/h2,4-24,26-39,53-60,65-66H,1,3,25,40-45H2/t53-,54-,55-,56-,57+,58+,59-,60-,65-,66-/m1/s1. The molecule has 0 N–H and O–H groups in total. The summed E-state index contributed by atoms with van der Waals surface area (Å²) in [5, 5.41) is 0. The van der Waals surface area contributed by atoms with Crippen LogP contribution in [0.2, 0.25) is 0 Å². The van der Waals surface area contributed by atoms with Crippen LogP contribution in [0.15, 0.2) is 225 Å². The molecule has 15 heteroatoms. The number of carbonyl (C=O) groups is 4. The average Bonchev–Trinajstić information content (AvgIpc) is 3.54. The molecule has 0 radical (unpaired) electrons. The van der Waals surface area contributed by atoms with Crippen LogP contribution >= 0.6 is 0 Å². The van der Waals surface area contributed by atoms with E-state index in [1.54, 1.807) is 121 Å². The third-order valence-electron chi connectivity index (χ3n) is 13.4. The molecule has 0 aliphatic carbocycles. The third-order valence-corrected chi connectivity index (χ3v) is 13.4. The van der Waals surface area contributed by atoms with E-state index in [2.05, 4.69) is 6.58 Å². The first-order valence-corrected chi connectivity index (χ1v) is 26.9. The zero-order valence-electron chi connectivity index (χ0n) is 44.5. The fraction of sp³-hybridized carbons (Fsp3) is 0.273. The second kappa shape index (κ2) is 29.9. The van der Waals surface area contributed by atoms with Crippen molar-refractivity contribution < 1.29 is 71.3 Å². The number of benzene rings is 7. The maximum atomic E-state index is 14.4. The second-order valence-corrected chi connectivity index (χ2v) is 19.2. The molecular weight excluding hydrogens is 1030 g/mol. The van der Waals surface area contributed by atoms with Crippen LogP contribution in [0, 0.1) is 0 Å². The molecule has 0 bridgehead atoms. The van der Waals surface area contributed by atoms with Gasteiger partial charge in [0.15, 0.2) is 30.9 Å². The maximum absolute atomic E-state index is 14.4. The van der Waals surface area contributed by atoms with Gasteiger partial charge in [-0.1, -0.05) is 170 Å². The van der Waals surface area contributed by atoms with Gasteiger partial charge in [-0.05, 0) is 78.1 Å². The van der Waals surface area contributed by atoms with E-state index in [0.29, 0.717) is 12.8 Å². The number of rotatable bonds is 26. The van der Waals surface area contributed by atoms with E-state index in [-0.39, 0.29) is 55.3 Å². The molecular formula is C66H64O15. The van der Waals surface area contributed by atoms with Gasteiger partial charge in [0, 0.05) is 0 Å². The van der Waals surface area contributed by atoms with Crippen LogP contribution < -0.4 is 0 Å². The van der Waals surface area contributed by atoms with Crippen molar-refractivity contribution >= 4 is 23.9 Å². The lowest BCUT2D eigenvalue weighted by atomic mass is 9.96. The van der Waals surface area contributed by atoms with Crippen LogP contribution in [0.25, 0.3) is 0 Å². The van der Waals surface area contributed by atoms with Crippen molar-refractivity contribution in [1.29, 1.82) is 0 Å². The highest BCUT2D eigenvalue weighted by Crippen LogP contribution is 2.35. The SMILES string of the molecule is C=CCCCO[C@@H]1O[C@H](CO[C@@H]2O[C@H](COC(=O)c3ccccc3)[C@@H](OC(=O)c3ccccc3)[C@H](OC(=O)c3ccccc3)[C@H]2OC(=O)c2ccccc2)[C@@H](OCc2ccccc2)[C@H](OCc2ccccc2)[C@H]1OCc1ccccc1. The zero-order valence-corrected chi connectivity index (χ0v) is 44.5. The van der Waals surface area contributed by atoms with Crippen molar-refractivity contribution in [3.63, 3.8) is 0 Å². The summed E-state index contributed by atoms with van der Waals surface area (Å²) in [6, 6.07) is 61.7. The van der Waals surface area contributed by atoms with Gasteiger partial charge in [0.05, 0.1) is 55.3 Å². The van der Waals surface area contributed by atoms with E-state index in [1.807, 2.05) is 97.1 Å². The Kier molecular flexibility index (Phi) is 21.3. The zero-order chi connectivity index (χ0) is 56.0. The van der Waals surface area contributed by atoms with Crippen molar-refractivity contribution in [1.82, 2.24) is 0 Å². The molecule has 0 spiro atoms. The molecule has 2 heterocycles. The monoisotopic (exact) mass is 1100 g/mol. The smallest absolute Gasteiger partial charge is 0.338 e. The van der Waals surface area contributed by atoms with Crippen LogP contribution in [0.4, 0.5) is 0 Å². The van der Waals surface area contributed by atoms with E-state index in [1.165, 1.54) is 0 Å². The first-order chi connectivity index (χ1) is 39.8. The number of esters is 4. The molecule has 15 nitrogen and oxygen atoms in total. The second-order valence-electron chi connectivity index (χ2n) is 19.2. The lowest BCUT2D eigenvalue weighted by Gasteiger charge is -2.47. The molecule has 0 unspecified atom stereocenters. The minimum Gasteiger partial charge on any atom is -0.459 e. The molecule has 2 fully saturated rings. The van der Waals surface area contributed by atoms with Gasteiger partial charge < -0.3 is 52.1 Å². The van der Waals surface area contributed by atoms with Gasteiger partial charge in [0.25, 0.3) is 0 Å². The van der Waals surface area contributed by atoms with E-state index in [4.69, 9.17) is 52.1 Å². The molecule has 9 rings (SSSR count). The van der Waals surface area contributed by atoms with Crippen LogP contribution in [0.5, 0.6) is 0 Å². The fourth-order valence-electron chi connectivity index (χ4n) is 9.29. The number of allylic oxidation sites excluding steroid dienone is 1. The molecule has 7 aromatic carbocycles. The summed E-state index contributed by atoms with van der Waals surface area (Å²) < 4.78 is 72.7. The summed E-state index contributed by atoms with van der Waals surface area (Å²) in [5.41, 5.74) is 3.30. The molecule has 0 aromatic heterocycles. The lowest BCUT2D eigenvalue weighted by Crippen LogP contribution is -2.64. The van der Waals surface area contributed by atoms with Crippen molar-refractivity contribution in [3.05, 3.63) is 264 Å². The Morgan fingerprint density at radius 3 is 1.17 bits per heavy atom. The largest absolute Gasteiger partial charge is 0.459 e. The predicted octanol–water partition coefficient (Wildman–Crippen LogP) is 10.7. The van der Waals surface area contributed by atoms with Gasteiger partial charge in [-0.2, -0.15) is 0 Å². The number of unbranched alkanes of at least 4 members (excludes halogenated alkanes) is 1. The van der Waals surface area contributed by atoms with Crippen LogP contribution in [0.1, 0.15) is 71.0 Å². The Balaban J connectivity index is 1.12. The highest BCUT2D eigenvalue weighted by molar-refractivity contribution is 5.91. The molecule has 2 aliphatic heterocycles. The Morgan fingerprint density at radius 1 is 0.370 bits per heavy atom. The molecule has 81 heavy (non-hydrogen) atoms. The Labute approximate surface area is 471 Å². The molecule has 7 aromatic rings. The number of carbonyl (C=O) groups excluding carboxylic acids is 4. The summed E-state index contributed by atoms with van der Waals surface area (Å²) in [6.07, 6.45) is -9.72. The van der Waals surface area contributed by atoms with Crippen molar-refractivity contribution in [3.8, 4) is 0 Å². The molecule has 2 aliphatic rings. The maximum Gasteiger partial charge on any atom is 0.338 e. The van der Waals surface area contributed by atoms with Gasteiger partial charge in [-0.3, -0.25) is 0 Å². The Hall–Kier alpha value is -8.12. The molecule has 2 saturated heterocycles. The highest BCUT2D eigenvalue weighted by Gasteiger charge is 2.55. The first kappa shape index (κ1) is 57.6. The van der Waals surface area contributed by atoms with Gasteiger partial charge in [0.2, 0.25) is 0 Å². The topological polar surface area (TPSA) is 170 Å². The predicted molar refractivity (Wildman–Crippen MR) is 297 cm³/mol. The quantitative estimate of drug-likeness (QED) is 0.0217. The molecule has 0 saturated carbocycles. The van der Waals surface area contributed by atoms with Crippen molar-refractivity contribution in [2.24, 2.45) is 0 Å².